The summed E-state index contributed by atoms with van der Waals surface area (Å²) in [6.07, 6.45) is 0.999. The molecular weight excluding hydrogens is 226 g/mol. The molecule has 1 saturated carbocycles. The number of amides is 1. The minimum atomic E-state index is -0.585. The number of hydrogen-bond donors (Lipinski definition) is 1. The van der Waals surface area contributed by atoms with Crippen molar-refractivity contribution in [2.24, 2.45) is 11.3 Å². The highest BCUT2D eigenvalue weighted by molar-refractivity contribution is 6.03. The second kappa shape index (κ2) is 2.97. The smallest absolute Gasteiger partial charge is 0.257 e. The Hall–Kier alpha value is -1.35. The van der Waals surface area contributed by atoms with Gasteiger partial charge in [-0.2, -0.15) is 0 Å². The number of benzene rings is 1. The summed E-state index contributed by atoms with van der Waals surface area (Å²) in [6, 6.07) is 8.12. The lowest BCUT2D eigenvalue weighted by Crippen LogP contribution is -2.70. The Kier molecular flexibility index (Phi) is 1.74. The standard InChI is InChI=1S/C15H17NO2/c1-14(2)11-7-8-18-15(11)12(14)9-5-3-4-6-10(9)16-13(15)17/h3-6,11-12H,7-8H2,1-2H3,(H,16,17)/t11-,12-,15-/m0/s1. The summed E-state index contributed by atoms with van der Waals surface area (Å²) in [5.74, 6) is 0.610. The van der Waals surface area contributed by atoms with Crippen molar-refractivity contribution in [1.29, 1.82) is 0 Å². The summed E-state index contributed by atoms with van der Waals surface area (Å²) in [4.78, 5) is 12.5. The lowest BCUT2D eigenvalue weighted by atomic mass is 9.43. The minimum Gasteiger partial charge on any atom is -0.364 e. The molecule has 3 aliphatic rings. The van der Waals surface area contributed by atoms with Crippen LogP contribution in [0, 0.1) is 11.3 Å². The van der Waals surface area contributed by atoms with Gasteiger partial charge in [0.15, 0.2) is 5.60 Å². The van der Waals surface area contributed by atoms with Crippen molar-refractivity contribution in [3.05, 3.63) is 29.8 Å². The van der Waals surface area contributed by atoms with Gasteiger partial charge in [0.05, 0.1) is 0 Å². The van der Waals surface area contributed by atoms with Gasteiger partial charge in [0.2, 0.25) is 0 Å². The van der Waals surface area contributed by atoms with Crippen LogP contribution in [0.15, 0.2) is 24.3 Å². The zero-order valence-electron chi connectivity index (χ0n) is 10.7. The van der Waals surface area contributed by atoms with E-state index >= 15 is 0 Å². The molecule has 1 N–H and O–H groups in total. The molecule has 18 heavy (non-hydrogen) atoms. The van der Waals surface area contributed by atoms with Crippen LogP contribution in [0.25, 0.3) is 0 Å². The first-order valence-electron chi connectivity index (χ1n) is 6.63. The molecular formula is C15H17NO2. The van der Waals surface area contributed by atoms with E-state index in [0.29, 0.717) is 12.5 Å². The lowest BCUT2D eigenvalue weighted by Gasteiger charge is -2.63. The largest absolute Gasteiger partial charge is 0.364 e. The van der Waals surface area contributed by atoms with E-state index in [2.05, 4.69) is 25.2 Å². The predicted molar refractivity (Wildman–Crippen MR) is 68.4 cm³/mol. The van der Waals surface area contributed by atoms with Crippen molar-refractivity contribution in [2.45, 2.75) is 31.8 Å². The number of carbonyl (C=O) groups is 1. The summed E-state index contributed by atoms with van der Waals surface area (Å²) in [6.45, 7) is 5.25. The molecule has 3 atom stereocenters. The molecule has 1 aliphatic carbocycles. The van der Waals surface area contributed by atoms with Crippen molar-refractivity contribution in [3.8, 4) is 0 Å². The first-order valence-corrected chi connectivity index (χ1v) is 6.63. The predicted octanol–water partition coefficient (Wildman–Crippen LogP) is 2.54. The number of para-hydroxylation sites is 1. The van der Waals surface area contributed by atoms with Crippen molar-refractivity contribution in [1.82, 2.24) is 0 Å². The summed E-state index contributed by atoms with van der Waals surface area (Å²) < 4.78 is 5.94. The molecule has 3 nitrogen and oxygen atoms in total. The van der Waals surface area contributed by atoms with Gasteiger partial charge in [-0.3, -0.25) is 4.79 Å². The van der Waals surface area contributed by atoms with Crippen LogP contribution in [0.2, 0.25) is 0 Å². The molecule has 3 heteroatoms. The SMILES string of the molecule is CC1(C)[C@@H]2CCO[C@@]23C(=O)Nc2ccccc2[C@@H]13. The van der Waals surface area contributed by atoms with E-state index in [0.717, 1.165) is 12.1 Å². The van der Waals surface area contributed by atoms with Crippen molar-refractivity contribution < 1.29 is 9.53 Å². The molecule has 94 valence electrons. The molecule has 0 unspecified atom stereocenters. The third kappa shape index (κ3) is 0.914. The Morgan fingerprint density at radius 3 is 2.94 bits per heavy atom. The van der Waals surface area contributed by atoms with E-state index in [9.17, 15) is 4.79 Å². The molecule has 0 radical (unpaired) electrons. The first kappa shape index (κ1) is 10.6. The Morgan fingerprint density at radius 1 is 1.33 bits per heavy atom. The highest BCUT2D eigenvalue weighted by atomic mass is 16.5. The van der Waals surface area contributed by atoms with Gasteiger partial charge in [-0.25, -0.2) is 0 Å². The van der Waals surface area contributed by atoms with Gasteiger partial charge >= 0.3 is 0 Å². The van der Waals surface area contributed by atoms with E-state index < -0.39 is 5.60 Å². The van der Waals surface area contributed by atoms with Gasteiger partial charge in [-0.15, -0.1) is 0 Å². The lowest BCUT2D eigenvalue weighted by molar-refractivity contribution is -0.191. The van der Waals surface area contributed by atoms with E-state index in [1.54, 1.807) is 0 Å². The summed E-state index contributed by atoms with van der Waals surface area (Å²) >= 11 is 0. The fourth-order valence-corrected chi connectivity index (χ4v) is 4.60. The number of fused-ring (bicyclic) bond motifs is 2. The van der Waals surface area contributed by atoms with Crippen molar-refractivity contribution >= 4 is 11.6 Å². The van der Waals surface area contributed by atoms with Gasteiger partial charge in [0, 0.05) is 24.1 Å². The van der Waals surface area contributed by atoms with E-state index in [-0.39, 0.29) is 17.2 Å². The topological polar surface area (TPSA) is 38.3 Å². The highest BCUT2D eigenvalue weighted by Gasteiger charge is 2.75. The monoisotopic (exact) mass is 243 g/mol. The van der Waals surface area contributed by atoms with Gasteiger partial charge in [0.1, 0.15) is 0 Å². The Labute approximate surface area is 107 Å². The summed E-state index contributed by atoms with van der Waals surface area (Å²) in [5.41, 5.74) is 1.75. The fraction of sp³-hybridized carbons (Fsp3) is 0.533. The van der Waals surface area contributed by atoms with Crippen LogP contribution in [0.5, 0.6) is 0 Å². The zero-order valence-corrected chi connectivity index (χ0v) is 10.7. The Morgan fingerprint density at radius 2 is 2.11 bits per heavy atom. The van der Waals surface area contributed by atoms with Crippen LogP contribution in [0.4, 0.5) is 5.69 Å². The van der Waals surface area contributed by atoms with Gasteiger partial charge < -0.3 is 10.1 Å². The fourth-order valence-electron chi connectivity index (χ4n) is 4.60. The highest BCUT2D eigenvalue weighted by Crippen LogP contribution is 2.70. The second-order valence-corrected chi connectivity index (χ2v) is 6.28. The number of rotatable bonds is 0. The average molecular weight is 243 g/mol. The molecule has 0 bridgehead atoms. The quantitative estimate of drug-likeness (QED) is 0.760. The Balaban J connectivity index is 1.95. The van der Waals surface area contributed by atoms with E-state index in [1.165, 1.54) is 5.56 Å². The Bertz CT molecular complexity index is 551. The molecule has 2 aliphatic heterocycles. The molecule has 2 heterocycles. The molecule has 1 aromatic carbocycles. The molecule has 0 aromatic heterocycles. The molecule has 1 spiro atoms. The number of carbonyl (C=O) groups excluding carboxylic acids is 1. The third-order valence-electron chi connectivity index (χ3n) is 5.21. The second-order valence-electron chi connectivity index (χ2n) is 6.28. The van der Waals surface area contributed by atoms with Gasteiger partial charge in [0.25, 0.3) is 5.91 Å². The molecule has 4 rings (SSSR count). The summed E-state index contributed by atoms with van der Waals surface area (Å²) in [5, 5.41) is 3.03. The van der Waals surface area contributed by atoms with Crippen LogP contribution >= 0.6 is 0 Å². The van der Waals surface area contributed by atoms with Crippen LogP contribution < -0.4 is 5.32 Å². The average Bonchev–Trinajstić information content (AvgIpc) is 2.72. The van der Waals surface area contributed by atoms with Gasteiger partial charge in [-0.05, 0) is 23.5 Å². The molecule has 1 saturated heterocycles. The van der Waals surface area contributed by atoms with E-state index in [4.69, 9.17) is 4.74 Å². The molecule has 1 amide bonds. The summed E-state index contributed by atoms with van der Waals surface area (Å²) in [7, 11) is 0. The van der Waals surface area contributed by atoms with Crippen LogP contribution in [-0.2, 0) is 9.53 Å². The van der Waals surface area contributed by atoms with Crippen LogP contribution in [0.3, 0.4) is 0 Å². The molecule has 1 aromatic rings. The first-order chi connectivity index (χ1) is 8.58. The van der Waals surface area contributed by atoms with Crippen molar-refractivity contribution in [3.63, 3.8) is 0 Å². The van der Waals surface area contributed by atoms with E-state index in [1.807, 2.05) is 18.2 Å². The number of anilines is 1. The van der Waals surface area contributed by atoms with Crippen molar-refractivity contribution in [2.75, 3.05) is 11.9 Å². The minimum absolute atomic E-state index is 0.0630. The molecule has 2 fully saturated rings. The third-order valence-corrected chi connectivity index (χ3v) is 5.21. The maximum Gasteiger partial charge on any atom is 0.257 e. The number of nitrogens with one attached hydrogen (secondary N) is 1. The maximum absolute atomic E-state index is 12.5. The number of ether oxygens (including phenoxy) is 1. The van der Waals surface area contributed by atoms with Crippen LogP contribution in [-0.4, -0.2) is 18.1 Å². The normalized spacial score (nSPS) is 39.1. The van der Waals surface area contributed by atoms with Crippen LogP contribution in [0.1, 0.15) is 31.7 Å². The van der Waals surface area contributed by atoms with Gasteiger partial charge in [-0.1, -0.05) is 32.0 Å². The number of hydrogen-bond acceptors (Lipinski definition) is 2. The maximum atomic E-state index is 12.5. The zero-order chi connectivity index (χ0) is 12.5.